The molecule has 0 heterocycles. The van der Waals surface area contributed by atoms with Crippen molar-refractivity contribution in [2.24, 2.45) is 0 Å². The highest BCUT2D eigenvalue weighted by Gasteiger charge is 2.13. The number of carbonyl (C=O) groups excluding carboxylic acids is 1. The highest BCUT2D eigenvalue weighted by molar-refractivity contribution is 6.42. The standard InChI is InChI=1S/C19H19Cl2N3O/c1-23(11-15-5-3-4-14(8-15)10-22)13-19(25)24(2)12-16-6-7-17(20)18(21)9-16/h3-9H,11-13H2,1-2H3. The Kier molecular flexibility index (Phi) is 6.83. The van der Waals surface area contributed by atoms with Crippen LogP contribution in [0.5, 0.6) is 0 Å². The maximum absolute atomic E-state index is 12.4. The second-order valence-corrected chi connectivity index (χ2v) is 6.80. The lowest BCUT2D eigenvalue weighted by Crippen LogP contribution is -2.36. The molecule has 2 rings (SSSR count). The molecule has 0 unspecified atom stereocenters. The van der Waals surface area contributed by atoms with Crippen LogP contribution in [0, 0.1) is 11.3 Å². The van der Waals surface area contributed by atoms with E-state index in [1.54, 1.807) is 30.1 Å². The first-order chi connectivity index (χ1) is 11.9. The minimum atomic E-state index is 0.00464. The second kappa shape index (κ2) is 8.87. The van der Waals surface area contributed by atoms with E-state index in [4.69, 9.17) is 28.5 Å². The topological polar surface area (TPSA) is 47.3 Å². The van der Waals surface area contributed by atoms with Gasteiger partial charge in [-0.1, -0.05) is 41.4 Å². The predicted molar refractivity (Wildman–Crippen MR) is 100 cm³/mol. The lowest BCUT2D eigenvalue weighted by Gasteiger charge is -2.22. The van der Waals surface area contributed by atoms with E-state index in [0.717, 1.165) is 11.1 Å². The van der Waals surface area contributed by atoms with Gasteiger partial charge < -0.3 is 4.90 Å². The van der Waals surface area contributed by atoms with Crippen LogP contribution in [0.15, 0.2) is 42.5 Å². The van der Waals surface area contributed by atoms with E-state index in [1.807, 2.05) is 36.2 Å². The summed E-state index contributed by atoms with van der Waals surface area (Å²) in [5.74, 6) is 0.00464. The fourth-order valence-corrected chi connectivity index (χ4v) is 2.78. The first-order valence-electron chi connectivity index (χ1n) is 7.74. The molecule has 25 heavy (non-hydrogen) atoms. The maximum atomic E-state index is 12.4. The maximum Gasteiger partial charge on any atom is 0.236 e. The Labute approximate surface area is 158 Å². The van der Waals surface area contributed by atoms with Crippen LogP contribution in [0.25, 0.3) is 0 Å². The number of halogens is 2. The van der Waals surface area contributed by atoms with Crippen LogP contribution in [-0.4, -0.2) is 36.3 Å². The van der Waals surface area contributed by atoms with Crippen LogP contribution in [0.3, 0.4) is 0 Å². The molecule has 0 spiro atoms. The number of nitriles is 1. The molecule has 6 heteroatoms. The molecule has 0 radical (unpaired) electrons. The third-order valence-electron chi connectivity index (χ3n) is 3.74. The van der Waals surface area contributed by atoms with Crippen molar-refractivity contribution in [2.75, 3.05) is 20.6 Å². The molecule has 0 atom stereocenters. The third-order valence-corrected chi connectivity index (χ3v) is 4.48. The van der Waals surface area contributed by atoms with Crippen molar-refractivity contribution in [3.8, 4) is 6.07 Å². The van der Waals surface area contributed by atoms with Gasteiger partial charge in [-0.05, 0) is 42.4 Å². The smallest absolute Gasteiger partial charge is 0.236 e. The van der Waals surface area contributed by atoms with Gasteiger partial charge in [0.05, 0.1) is 28.2 Å². The summed E-state index contributed by atoms with van der Waals surface area (Å²) in [6, 6.07) is 14.9. The van der Waals surface area contributed by atoms with Gasteiger partial charge >= 0.3 is 0 Å². The zero-order chi connectivity index (χ0) is 18.4. The SMILES string of the molecule is CN(CC(=O)N(C)Cc1ccc(Cl)c(Cl)c1)Cc1cccc(C#N)c1. The van der Waals surface area contributed by atoms with E-state index < -0.39 is 0 Å². The lowest BCUT2D eigenvalue weighted by atomic mass is 10.1. The average molecular weight is 376 g/mol. The zero-order valence-corrected chi connectivity index (χ0v) is 15.7. The van der Waals surface area contributed by atoms with E-state index in [2.05, 4.69) is 6.07 Å². The van der Waals surface area contributed by atoms with Gasteiger partial charge in [-0.2, -0.15) is 5.26 Å². The molecule has 0 saturated heterocycles. The molecule has 0 bridgehead atoms. The van der Waals surface area contributed by atoms with E-state index in [9.17, 15) is 4.79 Å². The molecule has 2 aromatic carbocycles. The van der Waals surface area contributed by atoms with Gasteiger partial charge in [-0.25, -0.2) is 0 Å². The summed E-state index contributed by atoms with van der Waals surface area (Å²) < 4.78 is 0. The fourth-order valence-electron chi connectivity index (χ4n) is 2.46. The van der Waals surface area contributed by atoms with Crippen LogP contribution in [0.2, 0.25) is 10.0 Å². The Balaban J connectivity index is 1.91. The van der Waals surface area contributed by atoms with Gasteiger partial charge in [0, 0.05) is 20.1 Å². The minimum absolute atomic E-state index is 0.00464. The molecule has 0 fully saturated rings. The molecule has 1 amide bonds. The minimum Gasteiger partial charge on any atom is -0.340 e. The number of amides is 1. The van der Waals surface area contributed by atoms with Crippen molar-refractivity contribution in [3.63, 3.8) is 0 Å². The summed E-state index contributed by atoms with van der Waals surface area (Å²) in [6.45, 7) is 1.35. The molecule has 2 aromatic rings. The highest BCUT2D eigenvalue weighted by Crippen LogP contribution is 2.23. The van der Waals surface area contributed by atoms with E-state index >= 15 is 0 Å². The quantitative estimate of drug-likeness (QED) is 0.767. The molecule has 0 aliphatic carbocycles. The molecular formula is C19H19Cl2N3O. The summed E-state index contributed by atoms with van der Waals surface area (Å²) in [7, 11) is 3.64. The zero-order valence-electron chi connectivity index (χ0n) is 14.2. The molecule has 0 saturated carbocycles. The van der Waals surface area contributed by atoms with Crippen LogP contribution in [0.4, 0.5) is 0 Å². The van der Waals surface area contributed by atoms with E-state index in [0.29, 0.717) is 28.7 Å². The number of nitrogens with zero attached hydrogens (tertiary/aromatic N) is 3. The summed E-state index contributed by atoms with van der Waals surface area (Å²) in [5.41, 5.74) is 2.55. The van der Waals surface area contributed by atoms with Gasteiger partial charge in [0.25, 0.3) is 0 Å². The lowest BCUT2D eigenvalue weighted by molar-refractivity contribution is -0.131. The number of hydrogen-bond acceptors (Lipinski definition) is 3. The monoisotopic (exact) mass is 375 g/mol. The van der Waals surface area contributed by atoms with Crippen LogP contribution < -0.4 is 0 Å². The molecular weight excluding hydrogens is 357 g/mol. The predicted octanol–water partition coefficient (Wildman–Crippen LogP) is 3.96. The second-order valence-electron chi connectivity index (χ2n) is 5.98. The van der Waals surface area contributed by atoms with E-state index in [-0.39, 0.29) is 12.5 Å². The summed E-state index contributed by atoms with van der Waals surface area (Å²) in [5, 5.41) is 9.93. The van der Waals surface area contributed by atoms with Gasteiger partial charge in [0.15, 0.2) is 0 Å². The number of rotatable bonds is 6. The molecule has 4 nitrogen and oxygen atoms in total. The van der Waals surface area contributed by atoms with Gasteiger partial charge in [0.1, 0.15) is 0 Å². The first-order valence-corrected chi connectivity index (χ1v) is 8.50. The number of carbonyl (C=O) groups is 1. The van der Waals surface area contributed by atoms with Crippen molar-refractivity contribution in [2.45, 2.75) is 13.1 Å². The molecule has 0 aliphatic rings. The largest absolute Gasteiger partial charge is 0.340 e. The van der Waals surface area contributed by atoms with Crippen molar-refractivity contribution in [1.82, 2.24) is 9.80 Å². The average Bonchev–Trinajstić information content (AvgIpc) is 2.58. The molecule has 0 aliphatic heterocycles. The van der Waals surface area contributed by atoms with Gasteiger partial charge in [-0.15, -0.1) is 0 Å². The van der Waals surface area contributed by atoms with Crippen molar-refractivity contribution in [1.29, 1.82) is 5.26 Å². The Morgan fingerprint density at radius 3 is 2.44 bits per heavy atom. The Bertz CT molecular complexity index is 801. The van der Waals surface area contributed by atoms with E-state index in [1.165, 1.54) is 0 Å². The Morgan fingerprint density at radius 1 is 1.04 bits per heavy atom. The number of benzene rings is 2. The van der Waals surface area contributed by atoms with Crippen LogP contribution in [0.1, 0.15) is 16.7 Å². The Hall–Kier alpha value is -2.06. The van der Waals surface area contributed by atoms with Crippen LogP contribution >= 0.6 is 23.2 Å². The number of hydrogen-bond donors (Lipinski definition) is 0. The van der Waals surface area contributed by atoms with Crippen molar-refractivity contribution < 1.29 is 4.79 Å². The number of likely N-dealkylation sites (N-methyl/N-ethyl adjacent to an activating group) is 2. The van der Waals surface area contributed by atoms with Crippen molar-refractivity contribution in [3.05, 3.63) is 69.2 Å². The Morgan fingerprint density at radius 2 is 1.76 bits per heavy atom. The highest BCUT2D eigenvalue weighted by atomic mass is 35.5. The normalized spacial score (nSPS) is 10.6. The summed E-state index contributed by atoms with van der Waals surface area (Å²) >= 11 is 11.9. The molecule has 0 aromatic heterocycles. The van der Waals surface area contributed by atoms with Crippen LogP contribution in [-0.2, 0) is 17.9 Å². The van der Waals surface area contributed by atoms with Gasteiger partial charge in [-0.3, -0.25) is 9.69 Å². The van der Waals surface area contributed by atoms with Gasteiger partial charge in [0.2, 0.25) is 5.91 Å². The molecule has 0 N–H and O–H groups in total. The first kappa shape index (κ1) is 19.3. The molecule has 130 valence electrons. The summed E-state index contributed by atoms with van der Waals surface area (Å²) in [4.78, 5) is 16.0. The van der Waals surface area contributed by atoms with Crippen molar-refractivity contribution >= 4 is 29.1 Å². The third kappa shape index (κ3) is 5.75. The summed E-state index contributed by atoms with van der Waals surface area (Å²) in [6.07, 6.45) is 0. The fraction of sp³-hybridized carbons (Fsp3) is 0.263.